The first-order chi connectivity index (χ1) is 16.9. The van der Waals surface area contributed by atoms with Gasteiger partial charge in [-0.25, -0.2) is 4.68 Å². The molecule has 9 heteroatoms. The number of hydrogen-bond acceptors (Lipinski definition) is 6. The molecule has 35 heavy (non-hydrogen) atoms. The molecule has 2 aromatic carbocycles. The van der Waals surface area contributed by atoms with Crippen LogP contribution in [0.2, 0.25) is 0 Å². The number of carbonyl (C=O) groups excluding carboxylic acids is 1. The van der Waals surface area contributed by atoms with Crippen molar-refractivity contribution in [2.24, 2.45) is 0 Å². The maximum atomic E-state index is 12.9. The molecular formula is C26H29N5O4. The Hall–Kier alpha value is -4.27. The number of rotatable bonds is 9. The van der Waals surface area contributed by atoms with Gasteiger partial charge < -0.3 is 19.5 Å². The van der Waals surface area contributed by atoms with Gasteiger partial charge in [-0.05, 0) is 50.1 Å². The number of amides is 1. The first-order valence-electron chi connectivity index (χ1n) is 11.2. The van der Waals surface area contributed by atoms with E-state index in [9.17, 15) is 4.79 Å². The quantitative estimate of drug-likeness (QED) is 0.387. The number of nitrogens with zero attached hydrogens (tertiary/aromatic N) is 4. The van der Waals surface area contributed by atoms with Crippen LogP contribution in [0.3, 0.4) is 0 Å². The van der Waals surface area contributed by atoms with Gasteiger partial charge >= 0.3 is 0 Å². The van der Waals surface area contributed by atoms with Crippen LogP contribution in [0.4, 0.5) is 5.69 Å². The van der Waals surface area contributed by atoms with E-state index >= 15 is 0 Å². The van der Waals surface area contributed by atoms with Crippen LogP contribution in [0.25, 0.3) is 0 Å². The summed E-state index contributed by atoms with van der Waals surface area (Å²) in [5, 5.41) is 11.9. The van der Waals surface area contributed by atoms with Crippen LogP contribution in [0, 0.1) is 20.8 Å². The summed E-state index contributed by atoms with van der Waals surface area (Å²) in [5.41, 5.74) is 4.96. The monoisotopic (exact) mass is 475 g/mol. The molecule has 0 aliphatic rings. The summed E-state index contributed by atoms with van der Waals surface area (Å²) in [5.74, 6) is 1.23. The van der Waals surface area contributed by atoms with Gasteiger partial charge in [0.05, 0.1) is 37.8 Å². The van der Waals surface area contributed by atoms with E-state index < -0.39 is 0 Å². The molecule has 0 saturated carbocycles. The number of benzene rings is 2. The van der Waals surface area contributed by atoms with Crippen LogP contribution in [0.15, 0.2) is 54.7 Å². The minimum absolute atomic E-state index is 0.0798. The molecule has 0 radical (unpaired) electrons. The molecule has 0 bridgehead atoms. The fourth-order valence-electron chi connectivity index (χ4n) is 3.80. The number of aromatic nitrogens is 4. The van der Waals surface area contributed by atoms with Crippen molar-refractivity contribution < 1.29 is 19.0 Å². The lowest BCUT2D eigenvalue weighted by Gasteiger charge is -2.13. The molecule has 2 heterocycles. The lowest BCUT2D eigenvalue weighted by atomic mass is 10.1. The molecule has 0 saturated heterocycles. The average molecular weight is 476 g/mol. The molecule has 9 nitrogen and oxygen atoms in total. The summed E-state index contributed by atoms with van der Waals surface area (Å²) in [4.78, 5) is 12.9. The zero-order valence-corrected chi connectivity index (χ0v) is 20.5. The molecule has 0 unspecified atom stereocenters. The molecule has 4 rings (SSSR count). The van der Waals surface area contributed by atoms with Crippen LogP contribution < -0.4 is 19.5 Å². The fourth-order valence-corrected chi connectivity index (χ4v) is 3.80. The van der Waals surface area contributed by atoms with Gasteiger partial charge in [0, 0.05) is 6.20 Å². The highest BCUT2D eigenvalue weighted by atomic mass is 16.5. The van der Waals surface area contributed by atoms with Gasteiger partial charge in [-0.15, -0.1) is 0 Å². The van der Waals surface area contributed by atoms with Gasteiger partial charge in [0.1, 0.15) is 0 Å². The van der Waals surface area contributed by atoms with Crippen LogP contribution in [0.5, 0.6) is 17.2 Å². The van der Waals surface area contributed by atoms with Crippen molar-refractivity contribution in [3.8, 4) is 17.2 Å². The average Bonchev–Trinajstić information content (AvgIpc) is 3.44. The highest BCUT2D eigenvalue weighted by molar-refractivity contribution is 6.03. The lowest BCUT2D eigenvalue weighted by molar-refractivity contribution is 0.102. The Labute approximate surface area is 204 Å². The predicted octanol–water partition coefficient (Wildman–Crippen LogP) is 4.36. The second-order valence-electron chi connectivity index (χ2n) is 8.09. The van der Waals surface area contributed by atoms with Crippen molar-refractivity contribution in [2.75, 3.05) is 19.5 Å². The Bertz CT molecular complexity index is 1320. The summed E-state index contributed by atoms with van der Waals surface area (Å²) >= 11 is 0. The summed E-state index contributed by atoms with van der Waals surface area (Å²) < 4.78 is 20.0. The third kappa shape index (κ3) is 5.13. The van der Waals surface area contributed by atoms with E-state index in [2.05, 4.69) is 34.6 Å². The summed E-state index contributed by atoms with van der Waals surface area (Å²) in [6.45, 7) is 6.61. The van der Waals surface area contributed by atoms with E-state index in [1.165, 1.54) is 15.8 Å². The van der Waals surface area contributed by atoms with E-state index in [-0.39, 0.29) is 18.3 Å². The van der Waals surface area contributed by atoms with Gasteiger partial charge in [0.2, 0.25) is 5.75 Å². The molecule has 1 amide bonds. The second kappa shape index (κ2) is 10.3. The fraction of sp³-hybridized carbons (Fsp3) is 0.269. The molecule has 1 N–H and O–H groups in total. The SMILES string of the molecule is COc1cccc(OC)c1OCn1ccc(C(=O)Nc2c(C)nn(Cc3ccccc3C)c2C)n1. The molecule has 0 aliphatic carbocycles. The first kappa shape index (κ1) is 23.9. The first-order valence-corrected chi connectivity index (χ1v) is 11.2. The van der Waals surface area contributed by atoms with Crippen LogP contribution in [-0.4, -0.2) is 39.7 Å². The topological polar surface area (TPSA) is 92.4 Å². The summed E-state index contributed by atoms with van der Waals surface area (Å²) in [7, 11) is 3.12. The number of ether oxygens (including phenoxy) is 3. The number of aryl methyl sites for hydroxylation is 2. The maximum absolute atomic E-state index is 12.9. The highest BCUT2D eigenvalue weighted by Gasteiger charge is 2.18. The van der Waals surface area contributed by atoms with Gasteiger partial charge in [-0.1, -0.05) is 30.3 Å². The molecule has 0 atom stereocenters. The minimum atomic E-state index is -0.319. The Balaban J connectivity index is 1.45. The molecular weight excluding hydrogens is 446 g/mol. The number of nitrogens with one attached hydrogen (secondary N) is 1. The second-order valence-corrected chi connectivity index (χ2v) is 8.09. The Morgan fingerprint density at radius 1 is 0.943 bits per heavy atom. The van der Waals surface area contributed by atoms with Crippen LogP contribution in [0.1, 0.15) is 33.0 Å². The van der Waals surface area contributed by atoms with E-state index in [1.807, 2.05) is 36.7 Å². The van der Waals surface area contributed by atoms with Gasteiger partial charge in [-0.2, -0.15) is 10.2 Å². The van der Waals surface area contributed by atoms with E-state index in [0.29, 0.717) is 29.5 Å². The number of methoxy groups -OCH3 is 2. The molecule has 0 spiro atoms. The van der Waals surface area contributed by atoms with Gasteiger partial charge in [0.25, 0.3) is 5.91 Å². The van der Waals surface area contributed by atoms with Crippen molar-refractivity contribution in [1.82, 2.24) is 19.6 Å². The number of carbonyl (C=O) groups is 1. The van der Waals surface area contributed by atoms with Crippen LogP contribution in [-0.2, 0) is 13.3 Å². The van der Waals surface area contributed by atoms with Crippen molar-refractivity contribution in [1.29, 1.82) is 0 Å². The van der Waals surface area contributed by atoms with Crippen LogP contribution >= 0.6 is 0 Å². The van der Waals surface area contributed by atoms with Gasteiger partial charge in [0.15, 0.2) is 23.9 Å². The molecule has 4 aromatic rings. The Morgan fingerprint density at radius 2 is 1.66 bits per heavy atom. The number of hydrogen-bond donors (Lipinski definition) is 1. The molecule has 2 aromatic heterocycles. The van der Waals surface area contributed by atoms with Gasteiger partial charge in [-0.3, -0.25) is 9.48 Å². The lowest BCUT2D eigenvalue weighted by Crippen LogP contribution is -2.15. The zero-order chi connectivity index (χ0) is 24.9. The smallest absolute Gasteiger partial charge is 0.276 e. The Morgan fingerprint density at radius 3 is 2.34 bits per heavy atom. The third-order valence-corrected chi connectivity index (χ3v) is 5.80. The number of para-hydroxylation sites is 1. The zero-order valence-electron chi connectivity index (χ0n) is 20.5. The summed E-state index contributed by atoms with van der Waals surface area (Å²) in [6.07, 6.45) is 1.68. The highest BCUT2D eigenvalue weighted by Crippen LogP contribution is 2.36. The predicted molar refractivity (Wildman–Crippen MR) is 132 cm³/mol. The van der Waals surface area contributed by atoms with Crippen molar-refractivity contribution >= 4 is 11.6 Å². The Kier molecular flexibility index (Phi) is 7.05. The minimum Gasteiger partial charge on any atom is -0.493 e. The largest absolute Gasteiger partial charge is 0.493 e. The van der Waals surface area contributed by atoms with Crippen molar-refractivity contribution in [3.63, 3.8) is 0 Å². The third-order valence-electron chi connectivity index (χ3n) is 5.80. The molecule has 0 aliphatic heterocycles. The number of anilines is 1. The summed E-state index contributed by atoms with van der Waals surface area (Å²) in [6, 6.07) is 15.2. The van der Waals surface area contributed by atoms with Crippen molar-refractivity contribution in [2.45, 2.75) is 34.0 Å². The van der Waals surface area contributed by atoms with Crippen molar-refractivity contribution in [3.05, 3.63) is 82.9 Å². The maximum Gasteiger partial charge on any atom is 0.276 e. The normalized spacial score (nSPS) is 10.8. The molecule has 0 fully saturated rings. The van der Waals surface area contributed by atoms with E-state index in [0.717, 1.165) is 11.4 Å². The van der Waals surface area contributed by atoms with E-state index in [1.54, 1.807) is 38.6 Å². The standard InChI is InChI=1S/C26H29N5O4/c1-17-9-6-7-10-20(17)15-31-19(3)24(18(2)28-31)27-26(32)21-13-14-30(29-21)16-35-25-22(33-4)11-8-12-23(25)34-5/h6-14H,15-16H2,1-5H3,(H,27,32). The molecule has 182 valence electrons. The van der Waals surface area contributed by atoms with E-state index in [4.69, 9.17) is 14.2 Å².